The molecule has 2 N–H and O–H groups in total. The van der Waals surface area contributed by atoms with Crippen LogP contribution >= 0.6 is 0 Å². The molecule has 58 valence electrons. The molecule has 0 aromatic carbocycles. The first kappa shape index (κ1) is 6.62. The third kappa shape index (κ3) is 0.789. The molecule has 2 nitrogen and oxygen atoms in total. The molecule has 2 aliphatic heterocycles. The summed E-state index contributed by atoms with van der Waals surface area (Å²) in [5, 5.41) is 0. The molecule has 0 aromatic heterocycles. The Labute approximate surface area is 62.4 Å². The van der Waals surface area contributed by atoms with Gasteiger partial charge in [0.1, 0.15) is 0 Å². The largest absolute Gasteiger partial charge is 0.327 e. The van der Waals surface area contributed by atoms with E-state index in [1.807, 2.05) is 0 Å². The second kappa shape index (κ2) is 2.21. The van der Waals surface area contributed by atoms with Gasteiger partial charge in [0, 0.05) is 19.1 Å². The first-order valence-corrected chi connectivity index (χ1v) is 4.29. The molecule has 0 radical (unpaired) electrons. The monoisotopic (exact) mass is 140 g/mol. The molecule has 2 bridgehead atoms. The summed E-state index contributed by atoms with van der Waals surface area (Å²) in [4.78, 5) is 2.52. The third-order valence-electron chi connectivity index (χ3n) is 3.13. The van der Waals surface area contributed by atoms with Crippen molar-refractivity contribution in [3.05, 3.63) is 0 Å². The lowest BCUT2D eigenvalue weighted by Crippen LogP contribution is -2.61. The molecule has 0 aromatic rings. The number of nitrogens with zero attached hydrogens (tertiary/aromatic N) is 1. The predicted molar refractivity (Wildman–Crippen MR) is 41.7 cm³/mol. The summed E-state index contributed by atoms with van der Waals surface area (Å²) in [6.45, 7) is 5.96. The Hall–Kier alpha value is -0.0800. The Kier molecular flexibility index (Phi) is 1.46. The first-order chi connectivity index (χ1) is 4.81. The van der Waals surface area contributed by atoms with Crippen molar-refractivity contribution in [2.45, 2.75) is 19.4 Å². The molecule has 2 heterocycles. The van der Waals surface area contributed by atoms with Gasteiger partial charge in [-0.15, -0.1) is 0 Å². The van der Waals surface area contributed by atoms with E-state index in [0.29, 0.717) is 6.04 Å². The van der Waals surface area contributed by atoms with E-state index < -0.39 is 0 Å². The summed E-state index contributed by atoms with van der Waals surface area (Å²) in [5.74, 6) is 1.66. The molecule has 10 heavy (non-hydrogen) atoms. The second-order valence-electron chi connectivity index (χ2n) is 3.69. The van der Waals surface area contributed by atoms with E-state index in [1.54, 1.807) is 0 Å². The average molecular weight is 140 g/mol. The SMILES string of the molecule is CCN1CC2CC(C1)C2N. The van der Waals surface area contributed by atoms with Gasteiger partial charge in [0.2, 0.25) is 0 Å². The van der Waals surface area contributed by atoms with Gasteiger partial charge < -0.3 is 10.6 Å². The average Bonchev–Trinajstić information content (AvgIpc) is 2.04. The van der Waals surface area contributed by atoms with Gasteiger partial charge >= 0.3 is 0 Å². The Morgan fingerprint density at radius 1 is 1.40 bits per heavy atom. The van der Waals surface area contributed by atoms with Crippen LogP contribution in [0.4, 0.5) is 0 Å². The smallest absolute Gasteiger partial charge is 0.0120 e. The molecular weight excluding hydrogens is 124 g/mol. The van der Waals surface area contributed by atoms with Crippen LogP contribution in [0.5, 0.6) is 0 Å². The minimum absolute atomic E-state index is 0.544. The van der Waals surface area contributed by atoms with Crippen LogP contribution in [0.2, 0.25) is 0 Å². The Morgan fingerprint density at radius 2 is 2.00 bits per heavy atom. The topological polar surface area (TPSA) is 29.3 Å². The summed E-state index contributed by atoms with van der Waals surface area (Å²) in [6.07, 6.45) is 1.40. The van der Waals surface area contributed by atoms with E-state index >= 15 is 0 Å². The number of hydrogen-bond donors (Lipinski definition) is 1. The molecule has 2 atom stereocenters. The third-order valence-corrected chi connectivity index (χ3v) is 3.13. The van der Waals surface area contributed by atoms with E-state index in [-0.39, 0.29) is 0 Å². The van der Waals surface area contributed by atoms with Gasteiger partial charge in [0.25, 0.3) is 0 Å². The van der Waals surface area contributed by atoms with Gasteiger partial charge in [-0.2, -0.15) is 0 Å². The van der Waals surface area contributed by atoms with Crippen LogP contribution in [0.3, 0.4) is 0 Å². The molecule has 3 aliphatic rings. The minimum atomic E-state index is 0.544. The number of hydrogen-bond acceptors (Lipinski definition) is 2. The zero-order valence-corrected chi connectivity index (χ0v) is 6.59. The van der Waals surface area contributed by atoms with Crippen molar-refractivity contribution in [3.63, 3.8) is 0 Å². The highest BCUT2D eigenvalue weighted by Gasteiger charge is 2.43. The Balaban J connectivity index is 1.93. The highest BCUT2D eigenvalue weighted by molar-refractivity contribution is 4.99. The van der Waals surface area contributed by atoms with Gasteiger partial charge in [-0.25, -0.2) is 0 Å². The summed E-state index contributed by atoms with van der Waals surface area (Å²) in [5.41, 5.74) is 5.92. The lowest BCUT2D eigenvalue weighted by molar-refractivity contribution is 0.00579. The minimum Gasteiger partial charge on any atom is -0.327 e. The Morgan fingerprint density at radius 3 is 2.40 bits per heavy atom. The van der Waals surface area contributed by atoms with Gasteiger partial charge in [0.15, 0.2) is 0 Å². The number of piperidine rings is 2. The van der Waals surface area contributed by atoms with Gasteiger partial charge in [-0.1, -0.05) is 6.92 Å². The maximum absolute atomic E-state index is 5.92. The zero-order valence-electron chi connectivity index (χ0n) is 6.59. The van der Waals surface area contributed by atoms with Crippen LogP contribution in [0.25, 0.3) is 0 Å². The van der Waals surface area contributed by atoms with Crippen LogP contribution in [0, 0.1) is 11.8 Å². The molecule has 2 heteroatoms. The fraction of sp³-hybridized carbons (Fsp3) is 1.00. The van der Waals surface area contributed by atoms with Crippen LogP contribution in [-0.4, -0.2) is 30.6 Å². The highest BCUT2D eigenvalue weighted by atomic mass is 15.2. The van der Waals surface area contributed by atoms with Crippen LogP contribution in [0.15, 0.2) is 0 Å². The van der Waals surface area contributed by atoms with Gasteiger partial charge in [-0.05, 0) is 24.8 Å². The van der Waals surface area contributed by atoms with E-state index in [4.69, 9.17) is 5.73 Å². The summed E-state index contributed by atoms with van der Waals surface area (Å²) < 4.78 is 0. The maximum Gasteiger partial charge on any atom is 0.0120 e. The summed E-state index contributed by atoms with van der Waals surface area (Å²) in [6, 6.07) is 0.544. The molecule has 1 saturated carbocycles. The van der Waals surface area contributed by atoms with Gasteiger partial charge in [-0.3, -0.25) is 0 Å². The fourth-order valence-corrected chi connectivity index (χ4v) is 2.28. The standard InChI is InChI=1S/C8H16N2/c1-2-10-4-6-3-7(5-10)8(6)9/h6-8H,2-5,9H2,1H3. The second-order valence-corrected chi connectivity index (χ2v) is 3.69. The van der Waals surface area contributed by atoms with Crippen molar-refractivity contribution in [2.24, 2.45) is 17.6 Å². The van der Waals surface area contributed by atoms with Crippen molar-refractivity contribution in [1.29, 1.82) is 0 Å². The normalized spacial score (nSPS) is 46.8. The zero-order chi connectivity index (χ0) is 7.14. The van der Waals surface area contributed by atoms with Gasteiger partial charge in [0.05, 0.1) is 0 Å². The summed E-state index contributed by atoms with van der Waals surface area (Å²) >= 11 is 0. The maximum atomic E-state index is 5.92. The highest BCUT2D eigenvalue weighted by Crippen LogP contribution is 2.38. The summed E-state index contributed by atoms with van der Waals surface area (Å²) in [7, 11) is 0. The molecule has 3 rings (SSSR count). The van der Waals surface area contributed by atoms with Crippen molar-refractivity contribution in [1.82, 2.24) is 4.90 Å². The van der Waals surface area contributed by atoms with E-state index in [0.717, 1.165) is 11.8 Å². The molecule has 0 spiro atoms. The Bertz CT molecular complexity index is 123. The molecule has 3 fully saturated rings. The molecule has 1 aliphatic carbocycles. The molecular formula is C8H16N2. The van der Waals surface area contributed by atoms with E-state index in [2.05, 4.69) is 11.8 Å². The van der Waals surface area contributed by atoms with E-state index in [1.165, 1.54) is 26.1 Å². The quantitative estimate of drug-likeness (QED) is 0.567. The van der Waals surface area contributed by atoms with E-state index in [9.17, 15) is 0 Å². The number of fused-ring (bicyclic) bond motifs is 2. The van der Waals surface area contributed by atoms with Crippen molar-refractivity contribution in [2.75, 3.05) is 19.6 Å². The van der Waals surface area contributed by atoms with Crippen molar-refractivity contribution in [3.8, 4) is 0 Å². The fourth-order valence-electron chi connectivity index (χ4n) is 2.28. The number of rotatable bonds is 1. The van der Waals surface area contributed by atoms with Crippen molar-refractivity contribution >= 4 is 0 Å². The molecule has 2 saturated heterocycles. The predicted octanol–water partition coefficient (Wildman–Crippen LogP) is 0.285. The van der Waals surface area contributed by atoms with Crippen LogP contribution in [-0.2, 0) is 0 Å². The van der Waals surface area contributed by atoms with Crippen LogP contribution in [0.1, 0.15) is 13.3 Å². The van der Waals surface area contributed by atoms with Crippen LogP contribution < -0.4 is 5.73 Å². The van der Waals surface area contributed by atoms with Crippen molar-refractivity contribution < 1.29 is 0 Å². The lowest BCUT2D eigenvalue weighted by Gasteiger charge is -2.52. The first-order valence-electron chi connectivity index (χ1n) is 4.29. The molecule has 0 amide bonds. The molecule has 2 unspecified atom stereocenters. The number of nitrogens with two attached hydrogens (primary N) is 1. The lowest BCUT2D eigenvalue weighted by atomic mass is 9.67.